The number of carbonyl (C=O) groups is 1. The molecule has 0 unspecified atom stereocenters. The van der Waals surface area contributed by atoms with Crippen LogP contribution in [0.5, 0.6) is 0 Å². The van der Waals surface area contributed by atoms with Crippen LogP contribution in [0.25, 0.3) is 0 Å². The molecule has 3 heterocycles. The highest BCUT2D eigenvalue weighted by Crippen LogP contribution is 2.28. The first-order valence-electron chi connectivity index (χ1n) is 9.32. The molecule has 1 N–H and O–H groups in total. The minimum absolute atomic E-state index is 0.0124. The van der Waals surface area contributed by atoms with Crippen LogP contribution in [0.4, 0.5) is 0 Å². The monoisotopic (exact) mass is 355 g/mol. The van der Waals surface area contributed by atoms with Crippen molar-refractivity contribution in [1.29, 1.82) is 0 Å². The molecule has 2 fully saturated rings. The number of carbonyl (C=O) groups excluding carboxylic acids is 1. The predicted octanol–water partition coefficient (Wildman–Crippen LogP) is 1.80. The molecule has 1 aromatic heterocycles. The van der Waals surface area contributed by atoms with Crippen molar-refractivity contribution in [1.82, 2.24) is 25.2 Å². The lowest BCUT2D eigenvalue weighted by Crippen LogP contribution is -2.46. The standard InChI is InChI=1S/C19H25N5O2/c1-14-11-23(18(13-26-14)15-5-3-2-4-6-15)19(25)17-12-24(22-21-17)16-7-9-20-10-8-16/h2-6,12,14,16,18,20H,7-11,13H2,1H3/t14-,18+/m1/s1. The normalized spacial score (nSPS) is 24.6. The zero-order valence-electron chi connectivity index (χ0n) is 15.0. The summed E-state index contributed by atoms with van der Waals surface area (Å²) < 4.78 is 7.68. The van der Waals surface area contributed by atoms with E-state index in [0.717, 1.165) is 31.5 Å². The van der Waals surface area contributed by atoms with E-state index >= 15 is 0 Å². The largest absolute Gasteiger partial charge is 0.374 e. The third-order valence-corrected chi connectivity index (χ3v) is 5.23. The van der Waals surface area contributed by atoms with Crippen molar-refractivity contribution < 1.29 is 9.53 Å². The van der Waals surface area contributed by atoms with Crippen LogP contribution in [0, 0.1) is 0 Å². The lowest BCUT2D eigenvalue weighted by atomic mass is 10.0. The summed E-state index contributed by atoms with van der Waals surface area (Å²) >= 11 is 0. The number of nitrogens with one attached hydrogen (secondary N) is 1. The predicted molar refractivity (Wildman–Crippen MR) is 96.8 cm³/mol. The Labute approximate surface area is 153 Å². The van der Waals surface area contributed by atoms with Gasteiger partial charge >= 0.3 is 0 Å². The van der Waals surface area contributed by atoms with Gasteiger partial charge in [0.2, 0.25) is 0 Å². The second-order valence-corrected chi connectivity index (χ2v) is 7.09. The Balaban J connectivity index is 1.55. The third kappa shape index (κ3) is 3.50. The molecule has 4 rings (SSSR count). The number of amides is 1. The smallest absolute Gasteiger partial charge is 0.276 e. The second-order valence-electron chi connectivity index (χ2n) is 7.09. The Morgan fingerprint density at radius 1 is 1.23 bits per heavy atom. The molecule has 0 spiro atoms. The summed E-state index contributed by atoms with van der Waals surface area (Å²) in [5.41, 5.74) is 1.50. The van der Waals surface area contributed by atoms with Crippen LogP contribution < -0.4 is 5.32 Å². The highest BCUT2D eigenvalue weighted by molar-refractivity contribution is 5.92. The Morgan fingerprint density at radius 2 is 2.00 bits per heavy atom. The first kappa shape index (κ1) is 17.2. The lowest BCUT2D eigenvalue weighted by molar-refractivity contribution is -0.0449. The molecule has 7 nitrogen and oxygen atoms in total. The van der Waals surface area contributed by atoms with E-state index in [-0.39, 0.29) is 18.1 Å². The maximum atomic E-state index is 13.2. The van der Waals surface area contributed by atoms with Gasteiger partial charge in [-0.3, -0.25) is 4.79 Å². The van der Waals surface area contributed by atoms with Gasteiger partial charge in [0, 0.05) is 6.54 Å². The van der Waals surface area contributed by atoms with Crippen LogP contribution in [0.3, 0.4) is 0 Å². The van der Waals surface area contributed by atoms with Crippen molar-refractivity contribution >= 4 is 5.91 Å². The number of morpholine rings is 1. The van der Waals surface area contributed by atoms with Crippen molar-refractivity contribution in [3.63, 3.8) is 0 Å². The molecule has 7 heteroatoms. The number of rotatable bonds is 3. The fourth-order valence-electron chi connectivity index (χ4n) is 3.75. The topological polar surface area (TPSA) is 72.3 Å². The Morgan fingerprint density at radius 3 is 2.77 bits per heavy atom. The summed E-state index contributed by atoms with van der Waals surface area (Å²) in [6, 6.07) is 10.3. The molecule has 2 aliphatic heterocycles. The van der Waals surface area contributed by atoms with Gasteiger partial charge < -0.3 is 15.0 Å². The molecule has 2 aromatic rings. The molecule has 138 valence electrons. The number of benzene rings is 1. The van der Waals surface area contributed by atoms with Gasteiger partial charge in [0.15, 0.2) is 5.69 Å². The third-order valence-electron chi connectivity index (χ3n) is 5.23. The zero-order chi connectivity index (χ0) is 17.9. The van der Waals surface area contributed by atoms with E-state index in [0.29, 0.717) is 24.9 Å². The van der Waals surface area contributed by atoms with Crippen LogP contribution in [0.2, 0.25) is 0 Å². The van der Waals surface area contributed by atoms with Crippen LogP contribution in [0.1, 0.15) is 47.9 Å². The average molecular weight is 355 g/mol. The summed E-state index contributed by atoms with van der Waals surface area (Å²) in [4.78, 5) is 15.0. The molecule has 0 aliphatic carbocycles. The summed E-state index contributed by atoms with van der Waals surface area (Å²) in [6.45, 7) is 5.00. The van der Waals surface area contributed by atoms with Gasteiger partial charge in [0.1, 0.15) is 0 Å². The van der Waals surface area contributed by atoms with Gasteiger partial charge in [-0.25, -0.2) is 4.68 Å². The number of hydrogen-bond acceptors (Lipinski definition) is 5. The molecule has 0 bridgehead atoms. The van der Waals surface area contributed by atoms with E-state index in [1.165, 1.54) is 0 Å². The summed E-state index contributed by atoms with van der Waals surface area (Å²) in [7, 11) is 0. The van der Waals surface area contributed by atoms with E-state index < -0.39 is 0 Å². The quantitative estimate of drug-likeness (QED) is 0.909. The van der Waals surface area contributed by atoms with Gasteiger partial charge in [-0.15, -0.1) is 5.10 Å². The van der Waals surface area contributed by atoms with Crippen molar-refractivity contribution in [2.45, 2.75) is 38.0 Å². The first-order valence-corrected chi connectivity index (χ1v) is 9.32. The van der Waals surface area contributed by atoms with E-state index in [1.807, 2.05) is 46.8 Å². The summed E-state index contributed by atoms with van der Waals surface area (Å²) in [5.74, 6) is -0.0748. The Hall–Kier alpha value is -2.25. The minimum Gasteiger partial charge on any atom is -0.374 e. The van der Waals surface area contributed by atoms with Gasteiger partial charge in [-0.1, -0.05) is 35.5 Å². The van der Waals surface area contributed by atoms with Crippen LogP contribution >= 0.6 is 0 Å². The molecular weight excluding hydrogens is 330 g/mol. The van der Waals surface area contributed by atoms with E-state index in [1.54, 1.807) is 6.20 Å². The van der Waals surface area contributed by atoms with Gasteiger partial charge in [-0.05, 0) is 38.4 Å². The number of piperidine rings is 1. The first-order chi connectivity index (χ1) is 12.7. The molecule has 1 amide bonds. The molecule has 0 saturated carbocycles. The van der Waals surface area contributed by atoms with E-state index in [2.05, 4.69) is 15.6 Å². The van der Waals surface area contributed by atoms with Crippen molar-refractivity contribution in [3.05, 3.63) is 47.8 Å². The zero-order valence-corrected chi connectivity index (χ0v) is 15.0. The number of ether oxygens (including phenoxy) is 1. The fourth-order valence-corrected chi connectivity index (χ4v) is 3.75. The van der Waals surface area contributed by atoms with Gasteiger partial charge in [0.25, 0.3) is 5.91 Å². The van der Waals surface area contributed by atoms with Crippen molar-refractivity contribution in [2.24, 2.45) is 0 Å². The molecule has 2 saturated heterocycles. The Bertz CT molecular complexity index is 741. The SMILES string of the molecule is C[C@@H]1CN(C(=O)c2cn(C3CCNCC3)nn2)[C@H](c2ccccc2)CO1. The lowest BCUT2D eigenvalue weighted by Gasteiger charge is -2.38. The highest BCUT2D eigenvalue weighted by Gasteiger charge is 2.33. The van der Waals surface area contributed by atoms with Gasteiger partial charge in [0.05, 0.1) is 31.0 Å². The second kappa shape index (κ2) is 7.55. The molecule has 26 heavy (non-hydrogen) atoms. The van der Waals surface area contributed by atoms with Crippen LogP contribution in [0.15, 0.2) is 36.5 Å². The van der Waals surface area contributed by atoms with Crippen molar-refractivity contribution in [2.75, 3.05) is 26.2 Å². The summed E-state index contributed by atoms with van der Waals surface area (Å²) in [5, 5.41) is 11.8. The van der Waals surface area contributed by atoms with Crippen molar-refractivity contribution in [3.8, 4) is 0 Å². The maximum Gasteiger partial charge on any atom is 0.276 e. The molecule has 2 aliphatic rings. The highest BCUT2D eigenvalue weighted by atomic mass is 16.5. The fraction of sp³-hybridized carbons (Fsp3) is 0.526. The summed E-state index contributed by atoms with van der Waals surface area (Å²) in [6.07, 6.45) is 3.84. The molecular formula is C19H25N5O2. The van der Waals surface area contributed by atoms with Gasteiger partial charge in [-0.2, -0.15) is 0 Å². The molecule has 2 atom stereocenters. The molecule has 1 aromatic carbocycles. The maximum absolute atomic E-state index is 13.2. The average Bonchev–Trinajstić information content (AvgIpc) is 3.19. The molecule has 0 radical (unpaired) electrons. The van der Waals surface area contributed by atoms with E-state index in [9.17, 15) is 4.79 Å². The number of aromatic nitrogens is 3. The van der Waals surface area contributed by atoms with Crippen LogP contribution in [-0.2, 0) is 4.74 Å². The number of hydrogen-bond donors (Lipinski definition) is 1. The van der Waals surface area contributed by atoms with E-state index in [4.69, 9.17) is 4.74 Å². The number of nitrogens with zero attached hydrogens (tertiary/aromatic N) is 4. The Kier molecular flexibility index (Phi) is 4.99. The van der Waals surface area contributed by atoms with Crippen LogP contribution in [-0.4, -0.2) is 58.1 Å². The minimum atomic E-state index is -0.0936.